The topological polar surface area (TPSA) is 80.9 Å². The van der Waals surface area contributed by atoms with Crippen molar-refractivity contribution >= 4 is 0 Å². The first kappa shape index (κ1) is 40.1. The maximum Gasteiger partial charge on any atom is 0.0514 e. The Bertz CT molecular complexity index is 196. The van der Waals surface area contributed by atoms with Crippen LogP contribution < -0.4 is 0 Å². The van der Waals surface area contributed by atoms with Gasteiger partial charge in [-0.2, -0.15) is 0 Å². The standard InChI is InChI=1S/4C6H14O.Zr/c4*1-5(2)4-6(3)7;/h4*5-7H,4H2,1-3H3;. The quantitative estimate of drug-likeness (QED) is 0.348. The molecule has 0 bridgehead atoms. The molecule has 0 rings (SSSR count). The average molecular weight is 500 g/mol. The fourth-order valence-electron chi connectivity index (χ4n) is 2.73. The molecule has 0 saturated carbocycles. The molecule has 0 amide bonds. The number of hydrogen-bond donors (Lipinski definition) is 4. The molecule has 180 valence electrons. The van der Waals surface area contributed by atoms with Crippen molar-refractivity contribution in [1.29, 1.82) is 0 Å². The number of aliphatic hydroxyl groups excluding tert-OH is 4. The second-order valence-electron chi connectivity index (χ2n) is 9.91. The summed E-state index contributed by atoms with van der Waals surface area (Å²) in [5.74, 6) is 2.50. The molecule has 0 heterocycles. The molecule has 5 heteroatoms. The monoisotopic (exact) mass is 498 g/mol. The Hall–Kier alpha value is 0.723. The molecule has 29 heavy (non-hydrogen) atoms. The van der Waals surface area contributed by atoms with Crippen molar-refractivity contribution in [2.75, 3.05) is 0 Å². The zero-order chi connectivity index (χ0) is 23.4. The van der Waals surface area contributed by atoms with Crippen molar-refractivity contribution in [3.63, 3.8) is 0 Å². The molecule has 0 aliphatic rings. The summed E-state index contributed by atoms with van der Waals surface area (Å²) in [6.07, 6.45) is 3.17. The van der Waals surface area contributed by atoms with E-state index >= 15 is 0 Å². The van der Waals surface area contributed by atoms with Gasteiger partial charge in [0, 0.05) is 26.2 Å². The number of hydrogen-bond acceptors (Lipinski definition) is 4. The molecule has 0 fully saturated rings. The molecule has 0 radical (unpaired) electrons. The normalized spacial score (nSPS) is 14.5. The van der Waals surface area contributed by atoms with Crippen molar-refractivity contribution in [2.24, 2.45) is 23.7 Å². The third-order valence-corrected chi connectivity index (χ3v) is 3.25. The predicted molar refractivity (Wildman–Crippen MR) is 125 cm³/mol. The van der Waals surface area contributed by atoms with Crippen molar-refractivity contribution in [3.8, 4) is 0 Å². The summed E-state index contributed by atoms with van der Waals surface area (Å²) in [7, 11) is 0. The van der Waals surface area contributed by atoms with E-state index in [9.17, 15) is 0 Å². The van der Waals surface area contributed by atoms with E-state index < -0.39 is 0 Å². The number of aliphatic hydroxyl groups is 4. The van der Waals surface area contributed by atoms with Crippen LogP contribution in [0.5, 0.6) is 0 Å². The van der Waals surface area contributed by atoms with E-state index in [-0.39, 0.29) is 50.6 Å². The van der Waals surface area contributed by atoms with Crippen molar-refractivity contribution in [1.82, 2.24) is 0 Å². The van der Waals surface area contributed by atoms with E-state index in [1.807, 2.05) is 27.7 Å². The van der Waals surface area contributed by atoms with Crippen LogP contribution in [0.2, 0.25) is 0 Å². The van der Waals surface area contributed by atoms with Crippen LogP contribution in [0, 0.1) is 23.7 Å². The molecule has 0 aromatic rings. The summed E-state index contributed by atoms with van der Waals surface area (Å²) < 4.78 is 0. The van der Waals surface area contributed by atoms with Gasteiger partial charge in [0.25, 0.3) is 0 Å². The fourth-order valence-corrected chi connectivity index (χ4v) is 2.73. The second-order valence-corrected chi connectivity index (χ2v) is 9.91. The summed E-state index contributed by atoms with van der Waals surface area (Å²) in [6.45, 7) is 24.1. The second kappa shape index (κ2) is 26.8. The first-order valence-corrected chi connectivity index (χ1v) is 11.2. The van der Waals surface area contributed by atoms with Crippen molar-refractivity contribution in [2.45, 2.75) is 133 Å². The fraction of sp³-hybridized carbons (Fsp3) is 1.00. The summed E-state index contributed by atoms with van der Waals surface area (Å²) in [6, 6.07) is 0. The molecule has 0 aromatic heterocycles. The van der Waals surface area contributed by atoms with E-state index in [0.717, 1.165) is 25.7 Å². The molecule has 4 atom stereocenters. The molecule has 0 aliphatic heterocycles. The van der Waals surface area contributed by atoms with Gasteiger partial charge in [0.2, 0.25) is 0 Å². The van der Waals surface area contributed by atoms with Gasteiger partial charge in [-0.05, 0) is 77.0 Å². The molecule has 0 aromatic carbocycles. The van der Waals surface area contributed by atoms with Crippen LogP contribution in [0.25, 0.3) is 0 Å². The first-order chi connectivity index (χ1) is 12.5. The van der Waals surface area contributed by atoms with Gasteiger partial charge in [-0.3, -0.25) is 0 Å². The van der Waals surface area contributed by atoms with Gasteiger partial charge < -0.3 is 20.4 Å². The zero-order valence-corrected chi connectivity index (χ0v) is 24.2. The van der Waals surface area contributed by atoms with Gasteiger partial charge in [0.1, 0.15) is 0 Å². The van der Waals surface area contributed by atoms with Gasteiger partial charge in [-0.15, -0.1) is 0 Å². The minimum Gasteiger partial charge on any atom is -0.393 e. The van der Waals surface area contributed by atoms with E-state index in [0.29, 0.717) is 23.7 Å². The van der Waals surface area contributed by atoms with Crippen molar-refractivity contribution < 1.29 is 46.6 Å². The number of rotatable bonds is 8. The SMILES string of the molecule is CC(C)CC(C)O.CC(C)CC(C)O.CC(C)CC(C)O.CC(C)CC(C)O.[Zr]. The molecular weight excluding hydrogens is 443 g/mol. The molecule has 4 N–H and O–H groups in total. The minimum absolute atomic E-state index is 0. The van der Waals surface area contributed by atoms with Gasteiger partial charge in [-0.1, -0.05) is 55.4 Å². The van der Waals surface area contributed by atoms with Crippen molar-refractivity contribution in [3.05, 3.63) is 0 Å². The third kappa shape index (κ3) is 73.3. The Morgan fingerprint density at radius 2 is 0.448 bits per heavy atom. The Morgan fingerprint density at radius 3 is 0.448 bits per heavy atom. The Balaban J connectivity index is -0.0000000873. The minimum atomic E-state index is -0.125. The average Bonchev–Trinajstić information content (AvgIpc) is 2.32. The maximum atomic E-state index is 8.72. The molecule has 0 spiro atoms. The van der Waals surface area contributed by atoms with E-state index in [1.54, 1.807) is 0 Å². The summed E-state index contributed by atoms with van der Waals surface area (Å²) in [4.78, 5) is 0. The zero-order valence-electron chi connectivity index (χ0n) is 21.7. The van der Waals surface area contributed by atoms with Gasteiger partial charge in [-0.25, -0.2) is 0 Å². The van der Waals surface area contributed by atoms with Gasteiger partial charge in [0.05, 0.1) is 24.4 Å². The smallest absolute Gasteiger partial charge is 0.0514 e. The van der Waals surface area contributed by atoms with Crippen LogP contribution in [0.4, 0.5) is 0 Å². The Kier molecular flexibility index (Phi) is 37.0. The Morgan fingerprint density at radius 1 is 0.345 bits per heavy atom. The first-order valence-electron chi connectivity index (χ1n) is 11.2. The largest absolute Gasteiger partial charge is 0.393 e. The molecular formula is C24H56O4Zr. The van der Waals surface area contributed by atoms with Crippen LogP contribution >= 0.6 is 0 Å². The van der Waals surface area contributed by atoms with Crippen LogP contribution in [-0.2, 0) is 26.2 Å². The van der Waals surface area contributed by atoms with E-state index in [2.05, 4.69) is 55.4 Å². The molecule has 0 saturated heterocycles. The van der Waals surface area contributed by atoms with Crippen LogP contribution in [0.1, 0.15) is 109 Å². The van der Waals surface area contributed by atoms with Crippen LogP contribution in [0.3, 0.4) is 0 Å². The summed E-state index contributed by atoms with van der Waals surface area (Å²) in [5.41, 5.74) is 0. The Labute approximate surface area is 203 Å². The van der Waals surface area contributed by atoms with E-state index in [1.165, 1.54) is 0 Å². The maximum absolute atomic E-state index is 8.72. The predicted octanol–water partition coefficient (Wildman–Crippen LogP) is 5.65. The van der Waals surface area contributed by atoms with Gasteiger partial charge >= 0.3 is 0 Å². The van der Waals surface area contributed by atoms with Gasteiger partial charge in [0.15, 0.2) is 0 Å². The van der Waals surface area contributed by atoms with Crippen LogP contribution in [0.15, 0.2) is 0 Å². The summed E-state index contributed by atoms with van der Waals surface area (Å²) >= 11 is 0. The summed E-state index contributed by atoms with van der Waals surface area (Å²) in [5, 5.41) is 34.9. The molecule has 4 nitrogen and oxygen atoms in total. The third-order valence-electron chi connectivity index (χ3n) is 3.25. The molecule has 4 unspecified atom stereocenters. The van der Waals surface area contributed by atoms with Crippen LogP contribution in [-0.4, -0.2) is 44.8 Å². The van der Waals surface area contributed by atoms with E-state index in [4.69, 9.17) is 20.4 Å². The molecule has 0 aliphatic carbocycles.